The first-order valence-corrected chi connectivity index (χ1v) is 9.70. The minimum Gasteiger partial charge on any atom is -0.611 e. The molecule has 2 unspecified atom stereocenters. The molecule has 4 nitrogen and oxygen atoms in total. The van der Waals surface area contributed by atoms with Crippen LogP contribution < -0.4 is 5.32 Å². The van der Waals surface area contributed by atoms with Crippen molar-refractivity contribution >= 4 is 17.0 Å². The van der Waals surface area contributed by atoms with Crippen LogP contribution in [0.25, 0.3) is 11.1 Å². The van der Waals surface area contributed by atoms with Gasteiger partial charge in [0.25, 0.3) is 0 Å². The SMILES string of the molecule is CC[S+]([O-])c1cncc(-c2ccc(NC(C)c3ccc(F)cc3)nc2)c1. The predicted octanol–water partition coefficient (Wildman–Crippen LogP) is 4.58. The monoisotopic (exact) mass is 369 g/mol. The Morgan fingerprint density at radius 1 is 1.08 bits per heavy atom. The molecule has 6 heteroatoms. The molecule has 0 aliphatic rings. The lowest BCUT2D eigenvalue weighted by Gasteiger charge is -2.15. The van der Waals surface area contributed by atoms with Gasteiger partial charge in [-0.1, -0.05) is 12.1 Å². The number of hydrogen-bond donors (Lipinski definition) is 1. The molecule has 0 aliphatic carbocycles. The second-order valence-electron chi connectivity index (χ2n) is 5.89. The number of anilines is 1. The van der Waals surface area contributed by atoms with Gasteiger partial charge in [-0.05, 0) is 54.9 Å². The smallest absolute Gasteiger partial charge is 0.171 e. The Bertz CT molecular complexity index is 856. The fourth-order valence-electron chi connectivity index (χ4n) is 2.57. The van der Waals surface area contributed by atoms with Crippen LogP contribution in [-0.4, -0.2) is 20.3 Å². The highest BCUT2D eigenvalue weighted by atomic mass is 32.2. The van der Waals surface area contributed by atoms with Crippen LogP contribution in [0.3, 0.4) is 0 Å². The number of aromatic nitrogens is 2. The molecule has 3 aromatic rings. The summed E-state index contributed by atoms with van der Waals surface area (Å²) in [5.41, 5.74) is 2.78. The summed E-state index contributed by atoms with van der Waals surface area (Å²) in [6.45, 7) is 3.88. The minimum atomic E-state index is -1.03. The highest BCUT2D eigenvalue weighted by Crippen LogP contribution is 2.24. The average molecular weight is 369 g/mol. The Kier molecular flexibility index (Phi) is 5.85. The van der Waals surface area contributed by atoms with Crippen molar-refractivity contribution in [2.45, 2.75) is 24.8 Å². The second-order valence-corrected chi connectivity index (χ2v) is 7.63. The average Bonchev–Trinajstić information content (AvgIpc) is 2.68. The third-order valence-corrected chi connectivity index (χ3v) is 5.34. The van der Waals surface area contributed by atoms with Gasteiger partial charge >= 0.3 is 0 Å². The Hall–Kier alpha value is -2.44. The van der Waals surface area contributed by atoms with Crippen LogP contribution in [0, 0.1) is 5.82 Å². The first kappa shape index (κ1) is 18.4. The molecule has 134 valence electrons. The molecule has 1 aromatic carbocycles. The lowest BCUT2D eigenvalue weighted by molar-refractivity contribution is 0.596. The molecule has 0 spiro atoms. The van der Waals surface area contributed by atoms with E-state index in [1.165, 1.54) is 12.1 Å². The summed E-state index contributed by atoms with van der Waals surface area (Å²) in [6, 6.07) is 12.1. The van der Waals surface area contributed by atoms with Gasteiger partial charge in [-0.25, -0.2) is 9.37 Å². The van der Waals surface area contributed by atoms with Crippen molar-refractivity contribution in [1.29, 1.82) is 0 Å². The number of nitrogens with zero attached hydrogens (tertiary/aromatic N) is 2. The maximum atomic E-state index is 13.0. The van der Waals surface area contributed by atoms with E-state index in [-0.39, 0.29) is 11.9 Å². The third kappa shape index (κ3) is 4.39. The van der Waals surface area contributed by atoms with Crippen molar-refractivity contribution in [3.63, 3.8) is 0 Å². The van der Waals surface area contributed by atoms with Crippen LogP contribution in [0.1, 0.15) is 25.5 Å². The summed E-state index contributed by atoms with van der Waals surface area (Å²) >= 11 is -1.03. The van der Waals surface area contributed by atoms with Gasteiger partial charge in [0, 0.05) is 35.6 Å². The quantitative estimate of drug-likeness (QED) is 0.646. The fraction of sp³-hybridized carbons (Fsp3) is 0.200. The first-order valence-electron chi connectivity index (χ1n) is 8.38. The summed E-state index contributed by atoms with van der Waals surface area (Å²) in [5.74, 6) is 1.04. The lowest BCUT2D eigenvalue weighted by atomic mass is 10.1. The van der Waals surface area contributed by atoms with Crippen molar-refractivity contribution in [3.05, 3.63) is 72.4 Å². The Morgan fingerprint density at radius 3 is 2.50 bits per heavy atom. The molecule has 0 saturated carbocycles. The minimum absolute atomic E-state index is 0.00548. The van der Waals surface area contributed by atoms with Gasteiger partial charge in [0.1, 0.15) is 17.4 Å². The number of nitrogens with one attached hydrogen (secondary N) is 1. The number of pyridine rings is 2. The van der Waals surface area contributed by atoms with E-state index in [0.29, 0.717) is 5.75 Å². The maximum Gasteiger partial charge on any atom is 0.171 e. The standard InChI is InChI=1S/C20H20FN3OS/c1-3-26(25)19-10-17(11-22-13-19)16-6-9-20(23-12-16)24-14(2)15-4-7-18(21)8-5-15/h4-14H,3H2,1-2H3,(H,23,24). The summed E-state index contributed by atoms with van der Waals surface area (Å²) in [7, 11) is 0. The lowest BCUT2D eigenvalue weighted by Crippen LogP contribution is -2.07. The van der Waals surface area contributed by atoms with Gasteiger partial charge in [-0.3, -0.25) is 4.98 Å². The van der Waals surface area contributed by atoms with Gasteiger partial charge in [-0.15, -0.1) is 0 Å². The molecule has 2 aromatic heterocycles. The van der Waals surface area contributed by atoms with E-state index in [0.717, 1.165) is 27.4 Å². The molecule has 0 bridgehead atoms. The molecule has 1 N–H and O–H groups in total. The largest absolute Gasteiger partial charge is 0.611 e. The molecule has 0 aliphatic heterocycles. The number of hydrogen-bond acceptors (Lipinski definition) is 4. The number of benzene rings is 1. The van der Waals surface area contributed by atoms with Crippen LogP contribution in [-0.2, 0) is 11.2 Å². The molecular formula is C20H20FN3OS. The van der Waals surface area contributed by atoms with Crippen molar-refractivity contribution in [3.8, 4) is 11.1 Å². The maximum absolute atomic E-state index is 13.0. The number of halogens is 1. The number of rotatable bonds is 6. The van der Waals surface area contributed by atoms with Crippen LogP contribution in [0.5, 0.6) is 0 Å². The molecule has 26 heavy (non-hydrogen) atoms. The van der Waals surface area contributed by atoms with Crippen LogP contribution in [0.2, 0.25) is 0 Å². The van der Waals surface area contributed by atoms with Crippen LogP contribution >= 0.6 is 0 Å². The normalized spacial score (nSPS) is 13.2. The van der Waals surface area contributed by atoms with Gasteiger partial charge in [0.15, 0.2) is 4.90 Å². The molecule has 0 amide bonds. The third-order valence-electron chi connectivity index (χ3n) is 4.07. The Labute approximate surface area is 155 Å². The predicted molar refractivity (Wildman–Crippen MR) is 103 cm³/mol. The van der Waals surface area contributed by atoms with E-state index in [2.05, 4.69) is 15.3 Å². The molecule has 3 rings (SSSR count). The molecule has 0 radical (unpaired) electrons. The molecule has 2 heterocycles. The van der Waals surface area contributed by atoms with Gasteiger partial charge in [0.2, 0.25) is 0 Å². The van der Waals surface area contributed by atoms with E-state index in [9.17, 15) is 8.94 Å². The molecule has 0 saturated heterocycles. The van der Waals surface area contributed by atoms with Crippen LogP contribution in [0.4, 0.5) is 10.2 Å². The summed E-state index contributed by atoms with van der Waals surface area (Å²) in [5, 5.41) is 3.30. The van der Waals surface area contributed by atoms with Crippen LogP contribution in [0.15, 0.2) is 66.0 Å². The first-order chi connectivity index (χ1) is 12.6. The van der Waals surface area contributed by atoms with E-state index in [1.54, 1.807) is 30.7 Å². The van der Waals surface area contributed by atoms with Gasteiger partial charge < -0.3 is 9.87 Å². The van der Waals surface area contributed by atoms with E-state index >= 15 is 0 Å². The van der Waals surface area contributed by atoms with E-state index < -0.39 is 11.2 Å². The Balaban J connectivity index is 1.73. The van der Waals surface area contributed by atoms with Crippen molar-refractivity contribution in [1.82, 2.24) is 9.97 Å². The highest BCUT2D eigenvalue weighted by Gasteiger charge is 2.11. The van der Waals surface area contributed by atoms with E-state index in [4.69, 9.17) is 0 Å². The molecule has 2 atom stereocenters. The topological polar surface area (TPSA) is 60.9 Å². The summed E-state index contributed by atoms with van der Waals surface area (Å²) < 4.78 is 25.0. The van der Waals surface area contributed by atoms with Gasteiger partial charge in [-0.2, -0.15) is 0 Å². The fourth-order valence-corrected chi connectivity index (χ4v) is 3.34. The zero-order chi connectivity index (χ0) is 18.5. The summed E-state index contributed by atoms with van der Waals surface area (Å²) in [6.07, 6.45) is 5.13. The van der Waals surface area contributed by atoms with Crippen molar-refractivity contribution in [2.75, 3.05) is 11.1 Å². The Morgan fingerprint density at radius 2 is 1.85 bits per heavy atom. The van der Waals surface area contributed by atoms with Gasteiger partial charge in [0.05, 0.1) is 6.20 Å². The zero-order valence-corrected chi connectivity index (χ0v) is 15.5. The molecular weight excluding hydrogens is 349 g/mol. The molecule has 0 fully saturated rings. The summed E-state index contributed by atoms with van der Waals surface area (Å²) in [4.78, 5) is 9.34. The van der Waals surface area contributed by atoms with E-state index in [1.807, 2.05) is 32.0 Å². The second kappa shape index (κ2) is 8.29. The zero-order valence-electron chi connectivity index (χ0n) is 14.6. The highest BCUT2D eigenvalue weighted by molar-refractivity contribution is 7.91. The van der Waals surface area contributed by atoms with Crippen molar-refractivity contribution in [2.24, 2.45) is 0 Å². The van der Waals surface area contributed by atoms with Crippen molar-refractivity contribution < 1.29 is 8.94 Å².